The van der Waals surface area contributed by atoms with E-state index in [4.69, 9.17) is 21.1 Å². The Bertz CT molecular complexity index is 849. The molecule has 5 nitrogen and oxygen atoms in total. The van der Waals surface area contributed by atoms with Crippen molar-refractivity contribution < 1.29 is 18.8 Å². The van der Waals surface area contributed by atoms with Crippen LogP contribution < -0.4 is 4.74 Å². The van der Waals surface area contributed by atoms with Gasteiger partial charge in [-0.2, -0.15) is 0 Å². The molecule has 0 aromatic heterocycles. The van der Waals surface area contributed by atoms with Gasteiger partial charge in [0.15, 0.2) is 0 Å². The lowest BCUT2D eigenvalue weighted by Gasteiger charge is -2.17. The summed E-state index contributed by atoms with van der Waals surface area (Å²) in [5.41, 5.74) is 2.33. The minimum atomic E-state index is -1.34. The van der Waals surface area contributed by atoms with E-state index in [1.807, 2.05) is 45.0 Å². The minimum Gasteiger partial charge on any atom is -0.591 e. The van der Waals surface area contributed by atoms with Gasteiger partial charge in [0, 0.05) is 10.6 Å². The summed E-state index contributed by atoms with van der Waals surface area (Å²) < 4.78 is 26.4. The minimum absolute atomic E-state index is 0.138. The van der Waals surface area contributed by atoms with Gasteiger partial charge in [-0.25, -0.2) is 0 Å². The summed E-state index contributed by atoms with van der Waals surface area (Å²) in [6.07, 6.45) is 1.70. The van der Waals surface area contributed by atoms with Crippen LogP contribution in [0, 0.1) is 0 Å². The molecular weight excluding hydrogens is 398 g/mol. The van der Waals surface area contributed by atoms with Crippen LogP contribution >= 0.6 is 11.6 Å². The molecule has 0 aliphatic heterocycles. The highest BCUT2D eigenvalue weighted by Gasteiger charge is 2.25. The standard InChI is InChI=1S/C21H24ClNO4S/c1-21(2,3)28(25)23-13-15-9-16(11-18(22)10-15)14-27-19-8-6-5-7-17(19)12-20(24)26-4/h5-11,13H,12,14H2,1-4H3/b23-13+. The number of ether oxygens (including phenoxy) is 2. The molecule has 2 rings (SSSR count). The molecule has 0 bridgehead atoms. The molecule has 0 spiro atoms. The fourth-order valence-corrected chi connectivity index (χ4v) is 3.08. The van der Waals surface area contributed by atoms with Crippen molar-refractivity contribution in [3.05, 3.63) is 64.2 Å². The van der Waals surface area contributed by atoms with Crippen LogP contribution in [0.25, 0.3) is 0 Å². The average Bonchev–Trinajstić information content (AvgIpc) is 2.64. The van der Waals surface area contributed by atoms with Crippen molar-refractivity contribution >= 4 is 35.1 Å². The molecule has 0 N–H and O–H groups in total. The molecule has 7 heteroatoms. The third kappa shape index (κ3) is 6.86. The highest BCUT2D eigenvalue weighted by Crippen LogP contribution is 2.22. The van der Waals surface area contributed by atoms with E-state index in [1.165, 1.54) is 7.11 Å². The fourth-order valence-electron chi connectivity index (χ4n) is 2.28. The number of para-hydroxylation sites is 1. The van der Waals surface area contributed by atoms with Gasteiger partial charge in [0.25, 0.3) is 0 Å². The molecule has 0 aliphatic rings. The van der Waals surface area contributed by atoms with Crippen molar-refractivity contribution in [1.29, 1.82) is 0 Å². The summed E-state index contributed by atoms with van der Waals surface area (Å²) in [5.74, 6) is 0.279. The Morgan fingerprint density at radius 2 is 1.96 bits per heavy atom. The Morgan fingerprint density at radius 3 is 2.64 bits per heavy atom. The lowest BCUT2D eigenvalue weighted by atomic mass is 10.1. The van der Waals surface area contributed by atoms with Gasteiger partial charge in [0.2, 0.25) is 0 Å². The molecule has 0 saturated heterocycles. The molecule has 1 unspecified atom stereocenters. The van der Waals surface area contributed by atoms with Crippen molar-refractivity contribution in [3.8, 4) is 5.75 Å². The van der Waals surface area contributed by atoms with Gasteiger partial charge in [0.1, 0.15) is 28.5 Å². The molecule has 1 atom stereocenters. The van der Waals surface area contributed by atoms with Crippen molar-refractivity contribution in [2.75, 3.05) is 7.11 Å². The first-order chi connectivity index (χ1) is 13.2. The predicted octanol–water partition coefficient (Wildman–Crippen LogP) is 4.52. The summed E-state index contributed by atoms with van der Waals surface area (Å²) in [4.78, 5) is 11.6. The number of hydrogen-bond acceptors (Lipinski definition) is 5. The van der Waals surface area contributed by atoms with E-state index in [0.29, 0.717) is 10.8 Å². The van der Waals surface area contributed by atoms with Crippen molar-refractivity contribution in [2.24, 2.45) is 4.40 Å². The Morgan fingerprint density at radius 1 is 1.25 bits per heavy atom. The summed E-state index contributed by atoms with van der Waals surface area (Å²) in [7, 11) is 1.35. The number of carbonyl (C=O) groups is 1. The van der Waals surface area contributed by atoms with Gasteiger partial charge in [-0.1, -0.05) is 34.2 Å². The largest absolute Gasteiger partial charge is 0.591 e. The van der Waals surface area contributed by atoms with Gasteiger partial charge >= 0.3 is 5.97 Å². The molecule has 0 amide bonds. The van der Waals surface area contributed by atoms with E-state index < -0.39 is 16.1 Å². The highest BCUT2D eigenvalue weighted by molar-refractivity contribution is 7.91. The topological polar surface area (TPSA) is 71.0 Å². The van der Waals surface area contributed by atoms with E-state index >= 15 is 0 Å². The SMILES string of the molecule is COC(=O)Cc1ccccc1OCc1cc(Cl)cc(/C=N/[S+]([O-])C(C)(C)C)c1. The van der Waals surface area contributed by atoms with Crippen molar-refractivity contribution in [2.45, 2.75) is 38.5 Å². The zero-order valence-corrected chi connectivity index (χ0v) is 18.0. The Hall–Kier alpha value is -2.02. The van der Waals surface area contributed by atoms with Crippen LogP contribution in [-0.2, 0) is 33.9 Å². The van der Waals surface area contributed by atoms with E-state index in [1.54, 1.807) is 24.4 Å². The monoisotopic (exact) mass is 421 g/mol. The lowest BCUT2D eigenvalue weighted by Crippen LogP contribution is -2.25. The summed E-state index contributed by atoms with van der Waals surface area (Å²) >= 11 is 4.86. The molecule has 2 aromatic carbocycles. The second-order valence-electron chi connectivity index (χ2n) is 7.14. The molecule has 150 valence electrons. The highest BCUT2D eigenvalue weighted by atomic mass is 35.5. The van der Waals surface area contributed by atoms with E-state index in [9.17, 15) is 9.35 Å². The first-order valence-corrected chi connectivity index (χ1v) is 10.2. The van der Waals surface area contributed by atoms with E-state index in [-0.39, 0.29) is 19.0 Å². The number of methoxy groups -OCH3 is 1. The van der Waals surface area contributed by atoms with Gasteiger partial charge in [-0.3, -0.25) is 4.79 Å². The maximum absolute atomic E-state index is 12.1. The maximum atomic E-state index is 12.1. The van der Waals surface area contributed by atoms with Crippen LogP contribution in [-0.4, -0.2) is 28.6 Å². The first-order valence-electron chi connectivity index (χ1n) is 8.72. The summed E-state index contributed by atoms with van der Waals surface area (Å²) in [5, 5.41) is 0.534. The number of hydrogen-bond donors (Lipinski definition) is 0. The van der Waals surface area contributed by atoms with Crippen molar-refractivity contribution in [1.82, 2.24) is 0 Å². The fraction of sp³-hybridized carbons (Fsp3) is 0.333. The van der Waals surface area contributed by atoms with Crippen LogP contribution in [0.2, 0.25) is 5.02 Å². The number of halogens is 1. The van der Waals surface area contributed by atoms with Crippen molar-refractivity contribution in [3.63, 3.8) is 0 Å². The van der Waals surface area contributed by atoms with E-state index in [2.05, 4.69) is 4.40 Å². The third-order valence-electron chi connectivity index (χ3n) is 3.73. The Labute approximate surface area is 174 Å². The zero-order valence-electron chi connectivity index (χ0n) is 16.4. The molecule has 0 aliphatic carbocycles. The normalized spacial score (nSPS) is 12.8. The smallest absolute Gasteiger partial charge is 0.310 e. The number of nitrogens with zero attached hydrogens (tertiary/aromatic N) is 1. The zero-order chi connectivity index (χ0) is 20.7. The summed E-state index contributed by atoms with van der Waals surface area (Å²) in [6, 6.07) is 12.7. The average molecular weight is 422 g/mol. The summed E-state index contributed by atoms with van der Waals surface area (Å²) in [6.45, 7) is 5.86. The lowest BCUT2D eigenvalue weighted by molar-refractivity contribution is -0.139. The molecule has 0 saturated carbocycles. The number of esters is 1. The maximum Gasteiger partial charge on any atom is 0.310 e. The third-order valence-corrected chi connectivity index (χ3v) is 5.29. The van der Waals surface area contributed by atoms with E-state index in [0.717, 1.165) is 16.7 Å². The van der Waals surface area contributed by atoms with Gasteiger partial charge in [-0.15, -0.1) is 0 Å². The second-order valence-corrected chi connectivity index (χ2v) is 9.51. The second kappa shape index (κ2) is 9.96. The predicted molar refractivity (Wildman–Crippen MR) is 113 cm³/mol. The molecule has 0 heterocycles. The Kier molecular flexibility index (Phi) is 7.92. The van der Waals surface area contributed by atoms with Crippen LogP contribution in [0.3, 0.4) is 0 Å². The molecule has 0 radical (unpaired) electrons. The van der Waals surface area contributed by atoms with Crippen LogP contribution in [0.4, 0.5) is 0 Å². The quantitative estimate of drug-likeness (QED) is 0.374. The molecule has 28 heavy (non-hydrogen) atoms. The molecular formula is C21H24ClNO4S. The Balaban J connectivity index is 2.13. The number of carbonyl (C=O) groups excluding carboxylic acids is 1. The first kappa shape index (κ1) is 22.3. The number of rotatable bonds is 7. The molecule has 2 aromatic rings. The van der Waals surface area contributed by atoms with Gasteiger partial charge in [0.05, 0.1) is 19.7 Å². The van der Waals surface area contributed by atoms with Gasteiger partial charge < -0.3 is 14.0 Å². The number of benzene rings is 2. The molecule has 0 fully saturated rings. The van der Waals surface area contributed by atoms with Crippen LogP contribution in [0.15, 0.2) is 46.9 Å². The van der Waals surface area contributed by atoms with Crippen LogP contribution in [0.5, 0.6) is 5.75 Å². The van der Waals surface area contributed by atoms with Crippen LogP contribution in [0.1, 0.15) is 37.5 Å². The van der Waals surface area contributed by atoms with Gasteiger partial charge in [-0.05, 0) is 56.2 Å².